The first-order chi connectivity index (χ1) is 9.38. The molecular formula is C13H22ClN3O3S. The molecule has 0 radical (unpaired) electrons. The van der Waals surface area contributed by atoms with Gasteiger partial charge in [-0.05, 0) is 26.1 Å². The van der Waals surface area contributed by atoms with Gasteiger partial charge in [0.1, 0.15) is 0 Å². The monoisotopic (exact) mass is 335 g/mol. The maximum absolute atomic E-state index is 12.1. The number of benzene rings is 1. The number of likely N-dealkylation sites (N-methyl/N-ethyl adjacent to an activating group) is 2. The van der Waals surface area contributed by atoms with E-state index in [4.69, 9.17) is 0 Å². The van der Waals surface area contributed by atoms with Crippen LogP contribution in [0.15, 0.2) is 35.2 Å². The van der Waals surface area contributed by atoms with Gasteiger partial charge in [-0.1, -0.05) is 18.2 Å². The average molecular weight is 336 g/mol. The molecule has 120 valence electrons. The zero-order valence-electron chi connectivity index (χ0n) is 12.4. The minimum atomic E-state index is -3.67. The number of sulfonamides is 1. The number of nitrogens with one attached hydrogen (secondary N) is 2. The zero-order chi connectivity index (χ0) is 15.2. The molecule has 0 aliphatic heterocycles. The predicted molar refractivity (Wildman–Crippen MR) is 85.0 cm³/mol. The molecule has 6 nitrogen and oxygen atoms in total. The zero-order valence-corrected chi connectivity index (χ0v) is 14.0. The van der Waals surface area contributed by atoms with Crippen LogP contribution in [0.1, 0.15) is 6.92 Å². The third-order valence-electron chi connectivity index (χ3n) is 2.83. The van der Waals surface area contributed by atoms with Crippen molar-refractivity contribution >= 4 is 28.3 Å². The summed E-state index contributed by atoms with van der Waals surface area (Å²) < 4.78 is 26.6. The van der Waals surface area contributed by atoms with Crippen LogP contribution >= 0.6 is 12.4 Å². The van der Waals surface area contributed by atoms with E-state index < -0.39 is 16.1 Å². The fourth-order valence-electron chi connectivity index (χ4n) is 1.67. The lowest BCUT2D eigenvalue weighted by Gasteiger charge is -2.22. The molecule has 1 aromatic carbocycles. The summed E-state index contributed by atoms with van der Waals surface area (Å²) >= 11 is 0. The lowest BCUT2D eigenvalue weighted by molar-refractivity contribution is -0.131. The molecule has 0 aliphatic carbocycles. The number of rotatable bonds is 7. The Labute approximate surface area is 132 Å². The molecule has 0 aromatic heterocycles. The van der Waals surface area contributed by atoms with Crippen molar-refractivity contribution in [3.63, 3.8) is 0 Å². The SMILES string of the molecule is CNCCN(C)C(=O)C(C)NS(=O)(=O)c1ccccc1.Cl. The third kappa shape index (κ3) is 6.01. The van der Waals surface area contributed by atoms with E-state index in [1.165, 1.54) is 17.0 Å². The Balaban J connectivity index is 0.00000400. The van der Waals surface area contributed by atoms with Crippen LogP contribution in [-0.4, -0.2) is 52.5 Å². The first kappa shape index (κ1) is 19.9. The smallest absolute Gasteiger partial charge is 0.241 e. The highest BCUT2D eigenvalue weighted by molar-refractivity contribution is 7.89. The van der Waals surface area contributed by atoms with E-state index in [2.05, 4.69) is 10.0 Å². The second-order valence-corrected chi connectivity index (χ2v) is 6.23. The van der Waals surface area contributed by atoms with Gasteiger partial charge in [-0.3, -0.25) is 4.79 Å². The normalized spacial score (nSPS) is 12.3. The molecule has 0 aliphatic rings. The predicted octanol–water partition coefficient (Wildman–Crippen LogP) is 0.453. The molecule has 1 amide bonds. The van der Waals surface area contributed by atoms with Crippen molar-refractivity contribution in [1.29, 1.82) is 0 Å². The van der Waals surface area contributed by atoms with Gasteiger partial charge < -0.3 is 10.2 Å². The molecule has 0 fully saturated rings. The molecule has 0 saturated heterocycles. The maximum atomic E-state index is 12.1. The van der Waals surface area contributed by atoms with Crippen molar-refractivity contribution < 1.29 is 13.2 Å². The van der Waals surface area contributed by atoms with Gasteiger partial charge in [0, 0.05) is 20.1 Å². The Kier molecular flexibility index (Phi) is 8.50. The van der Waals surface area contributed by atoms with Crippen LogP contribution in [0.2, 0.25) is 0 Å². The summed E-state index contributed by atoms with van der Waals surface area (Å²) in [6.45, 7) is 2.71. The first-order valence-electron chi connectivity index (χ1n) is 6.35. The molecule has 0 bridgehead atoms. The molecule has 0 spiro atoms. The Morgan fingerprint density at radius 2 is 1.86 bits per heavy atom. The largest absolute Gasteiger partial charge is 0.343 e. The van der Waals surface area contributed by atoms with Crippen molar-refractivity contribution in [1.82, 2.24) is 14.9 Å². The number of nitrogens with zero attached hydrogens (tertiary/aromatic N) is 1. The van der Waals surface area contributed by atoms with Crippen molar-refractivity contribution in [3.05, 3.63) is 30.3 Å². The van der Waals surface area contributed by atoms with E-state index in [1.807, 2.05) is 0 Å². The average Bonchev–Trinajstić information content (AvgIpc) is 2.44. The van der Waals surface area contributed by atoms with Gasteiger partial charge in [-0.15, -0.1) is 12.4 Å². The van der Waals surface area contributed by atoms with E-state index in [-0.39, 0.29) is 23.2 Å². The van der Waals surface area contributed by atoms with Crippen LogP contribution in [0.5, 0.6) is 0 Å². The number of hydrogen-bond donors (Lipinski definition) is 2. The summed E-state index contributed by atoms with van der Waals surface area (Å²) in [6, 6.07) is 7.19. The van der Waals surface area contributed by atoms with Gasteiger partial charge in [0.25, 0.3) is 0 Å². The standard InChI is InChI=1S/C13H21N3O3S.ClH/c1-11(13(17)16(3)10-9-14-2)15-20(18,19)12-7-5-4-6-8-12;/h4-8,11,14-15H,9-10H2,1-3H3;1H. The molecule has 1 rings (SSSR count). The van der Waals surface area contributed by atoms with E-state index in [9.17, 15) is 13.2 Å². The molecule has 1 unspecified atom stereocenters. The van der Waals surface area contributed by atoms with Crippen LogP contribution in [0.3, 0.4) is 0 Å². The van der Waals surface area contributed by atoms with Crippen molar-refractivity contribution in [2.75, 3.05) is 27.2 Å². The quantitative estimate of drug-likeness (QED) is 0.758. The number of halogens is 1. The van der Waals surface area contributed by atoms with Gasteiger partial charge in [-0.2, -0.15) is 4.72 Å². The summed E-state index contributed by atoms with van der Waals surface area (Å²) in [5.74, 6) is -0.264. The molecule has 21 heavy (non-hydrogen) atoms. The first-order valence-corrected chi connectivity index (χ1v) is 7.83. The Bertz CT molecular complexity index is 537. The Morgan fingerprint density at radius 1 is 1.29 bits per heavy atom. The third-order valence-corrected chi connectivity index (χ3v) is 4.39. The molecular weight excluding hydrogens is 314 g/mol. The highest BCUT2D eigenvalue weighted by atomic mass is 35.5. The van der Waals surface area contributed by atoms with Crippen LogP contribution in [0.4, 0.5) is 0 Å². The minimum absolute atomic E-state index is 0. The molecule has 1 atom stereocenters. The van der Waals surface area contributed by atoms with Crippen LogP contribution in [0, 0.1) is 0 Å². The molecule has 0 saturated carbocycles. The van der Waals surface area contributed by atoms with Crippen LogP contribution in [-0.2, 0) is 14.8 Å². The van der Waals surface area contributed by atoms with E-state index in [0.717, 1.165) is 0 Å². The summed E-state index contributed by atoms with van der Waals surface area (Å²) in [4.78, 5) is 13.7. The topological polar surface area (TPSA) is 78.5 Å². The van der Waals surface area contributed by atoms with Gasteiger partial charge in [0.05, 0.1) is 10.9 Å². The van der Waals surface area contributed by atoms with Crippen LogP contribution in [0.25, 0.3) is 0 Å². The fraction of sp³-hybridized carbons (Fsp3) is 0.462. The Hall–Kier alpha value is -1.15. The van der Waals surface area contributed by atoms with E-state index >= 15 is 0 Å². The highest BCUT2D eigenvalue weighted by Gasteiger charge is 2.23. The van der Waals surface area contributed by atoms with Gasteiger partial charge >= 0.3 is 0 Å². The lowest BCUT2D eigenvalue weighted by Crippen LogP contribution is -2.46. The summed E-state index contributed by atoms with van der Waals surface area (Å²) in [5.41, 5.74) is 0. The summed E-state index contributed by atoms with van der Waals surface area (Å²) in [5, 5.41) is 2.93. The Morgan fingerprint density at radius 3 is 2.38 bits per heavy atom. The van der Waals surface area contributed by atoms with Gasteiger partial charge in [0.2, 0.25) is 15.9 Å². The number of carbonyl (C=O) groups is 1. The summed E-state index contributed by atoms with van der Waals surface area (Å²) in [7, 11) is -0.234. The van der Waals surface area contributed by atoms with Crippen LogP contribution < -0.4 is 10.0 Å². The molecule has 8 heteroatoms. The summed E-state index contributed by atoms with van der Waals surface area (Å²) in [6.07, 6.45) is 0. The molecule has 0 heterocycles. The lowest BCUT2D eigenvalue weighted by atomic mass is 10.3. The minimum Gasteiger partial charge on any atom is -0.343 e. The fourth-order valence-corrected chi connectivity index (χ4v) is 2.89. The van der Waals surface area contributed by atoms with E-state index in [0.29, 0.717) is 13.1 Å². The van der Waals surface area contributed by atoms with Crippen molar-refractivity contribution in [2.24, 2.45) is 0 Å². The second-order valence-electron chi connectivity index (χ2n) is 4.52. The van der Waals surface area contributed by atoms with Gasteiger partial charge in [-0.25, -0.2) is 8.42 Å². The maximum Gasteiger partial charge on any atom is 0.241 e. The van der Waals surface area contributed by atoms with Crippen molar-refractivity contribution in [3.8, 4) is 0 Å². The van der Waals surface area contributed by atoms with Gasteiger partial charge in [0.15, 0.2) is 0 Å². The van der Waals surface area contributed by atoms with E-state index in [1.54, 1.807) is 39.2 Å². The van der Waals surface area contributed by atoms with Crippen molar-refractivity contribution in [2.45, 2.75) is 17.9 Å². The highest BCUT2D eigenvalue weighted by Crippen LogP contribution is 2.08. The number of amides is 1. The number of hydrogen-bond acceptors (Lipinski definition) is 4. The molecule has 2 N–H and O–H groups in total. The second kappa shape index (κ2) is 8.99. The number of carbonyl (C=O) groups excluding carboxylic acids is 1. The molecule has 1 aromatic rings.